The summed E-state index contributed by atoms with van der Waals surface area (Å²) in [7, 11) is 1.38. The molecule has 0 bridgehead atoms. The molecule has 0 spiro atoms. The van der Waals surface area contributed by atoms with E-state index in [2.05, 4.69) is 17.4 Å². The third-order valence-corrected chi connectivity index (χ3v) is 6.48. The smallest absolute Gasteiger partial charge is 0.338 e. The third kappa shape index (κ3) is 8.22. The highest BCUT2D eigenvalue weighted by Crippen LogP contribution is 2.26. The van der Waals surface area contributed by atoms with E-state index in [1.807, 2.05) is 51.1 Å². The largest absolute Gasteiger partial charge is 0.465 e. The second-order valence-corrected chi connectivity index (χ2v) is 10.2. The van der Waals surface area contributed by atoms with Gasteiger partial charge in [0.15, 0.2) is 0 Å². The number of halogens is 1. The molecule has 0 heterocycles. The molecule has 1 atom stereocenters. The van der Waals surface area contributed by atoms with Crippen molar-refractivity contribution in [1.82, 2.24) is 5.32 Å². The summed E-state index contributed by atoms with van der Waals surface area (Å²) < 4.78 is 24.5. The van der Waals surface area contributed by atoms with Gasteiger partial charge in [-0.3, -0.25) is 0 Å². The lowest BCUT2D eigenvalue weighted by Gasteiger charge is -2.28. The van der Waals surface area contributed by atoms with Crippen LogP contribution in [0.5, 0.6) is 0 Å². The van der Waals surface area contributed by atoms with Gasteiger partial charge in [-0.1, -0.05) is 48.5 Å². The summed E-state index contributed by atoms with van der Waals surface area (Å²) in [6.07, 6.45) is 0.686. The van der Waals surface area contributed by atoms with E-state index in [0.717, 1.165) is 27.8 Å². The van der Waals surface area contributed by atoms with Crippen molar-refractivity contribution in [3.05, 3.63) is 94.3 Å². The summed E-state index contributed by atoms with van der Waals surface area (Å²) in [5.41, 5.74) is 5.92. The maximum atomic E-state index is 13.9. The molecule has 0 saturated carbocycles. The van der Waals surface area contributed by atoms with E-state index < -0.39 is 6.10 Å². The van der Waals surface area contributed by atoms with Crippen molar-refractivity contribution < 1.29 is 23.8 Å². The first kappa shape index (κ1) is 28.5. The van der Waals surface area contributed by atoms with Crippen molar-refractivity contribution in [3.8, 4) is 11.1 Å². The number of aryl methyl sites for hydroxylation is 2. The van der Waals surface area contributed by atoms with Crippen LogP contribution in [0.1, 0.15) is 46.5 Å². The molecule has 5 nitrogen and oxygen atoms in total. The molecule has 3 aromatic rings. The molecule has 3 aromatic carbocycles. The van der Waals surface area contributed by atoms with Crippen LogP contribution in [-0.4, -0.2) is 49.6 Å². The van der Waals surface area contributed by atoms with Crippen molar-refractivity contribution >= 4 is 5.97 Å². The van der Waals surface area contributed by atoms with E-state index in [0.29, 0.717) is 37.1 Å². The molecule has 0 aliphatic heterocycles. The fraction of sp³-hybridized carbons (Fsp3) is 0.387. The van der Waals surface area contributed by atoms with Crippen molar-refractivity contribution in [2.24, 2.45) is 0 Å². The highest BCUT2D eigenvalue weighted by molar-refractivity contribution is 5.91. The Morgan fingerprint density at radius 2 is 1.81 bits per heavy atom. The van der Waals surface area contributed by atoms with E-state index in [1.165, 1.54) is 7.11 Å². The molecular weight excluding hydrogens is 469 g/mol. The van der Waals surface area contributed by atoms with Crippen LogP contribution >= 0.6 is 0 Å². The van der Waals surface area contributed by atoms with Gasteiger partial charge in [-0.05, 0) is 86.1 Å². The number of esters is 1. The Hall–Kier alpha value is -3.06. The number of aliphatic hydroxyl groups excluding tert-OH is 1. The fourth-order valence-corrected chi connectivity index (χ4v) is 4.36. The summed E-state index contributed by atoms with van der Waals surface area (Å²) in [6, 6.07) is 19.1. The molecule has 0 fully saturated rings. The van der Waals surface area contributed by atoms with Gasteiger partial charge in [-0.25, -0.2) is 9.18 Å². The Morgan fingerprint density at radius 1 is 1.05 bits per heavy atom. The average Bonchev–Trinajstić information content (AvgIpc) is 2.87. The van der Waals surface area contributed by atoms with E-state index in [-0.39, 0.29) is 23.9 Å². The molecular formula is C31H38FNO4. The van der Waals surface area contributed by atoms with Crippen molar-refractivity contribution in [2.75, 3.05) is 26.9 Å². The van der Waals surface area contributed by atoms with Crippen LogP contribution in [0.3, 0.4) is 0 Å². The van der Waals surface area contributed by atoms with Gasteiger partial charge in [-0.15, -0.1) is 0 Å². The first-order chi connectivity index (χ1) is 17.6. The number of carbonyl (C=O) groups excluding carboxylic acids is 1. The van der Waals surface area contributed by atoms with Crippen molar-refractivity contribution in [2.45, 2.75) is 52.2 Å². The molecule has 6 heteroatoms. The molecule has 3 rings (SSSR count). The number of hydrogen-bond donors (Lipinski definition) is 2. The number of benzene rings is 3. The maximum Gasteiger partial charge on any atom is 0.338 e. The Labute approximate surface area is 219 Å². The van der Waals surface area contributed by atoms with Crippen molar-refractivity contribution in [1.29, 1.82) is 0 Å². The minimum Gasteiger partial charge on any atom is -0.465 e. The molecule has 0 unspecified atom stereocenters. The van der Waals surface area contributed by atoms with Gasteiger partial charge >= 0.3 is 5.97 Å². The van der Waals surface area contributed by atoms with Crippen LogP contribution in [0.15, 0.2) is 60.7 Å². The quantitative estimate of drug-likeness (QED) is 0.253. The fourth-order valence-electron chi connectivity index (χ4n) is 4.36. The van der Waals surface area contributed by atoms with Crippen LogP contribution in [0.4, 0.5) is 4.39 Å². The highest BCUT2D eigenvalue weighted by atomic mass is 19.1. The number of rotatable bonds is 12. The number of methoxy groups -OCH3 is 1. The van der Waals surface area contributed by atoms with Crippen LogP contribution in [0, 0.1) is 19.7 Å². The Balaban J connectivity index is 1.49. The predicted octanol–water partition coefficient (Wildman–Crippen LogP) is 5.43. The van der Waals surface area contributed by atoms with E-state index >= 15 is 0 Å². The second kappa shape index (κ2) is 13.0. The first-order valence-corrected chi connectivity index (χ1v) is 12.6. The van der Waals surface area contributed by atoms with E-state index in [1.54, 1.807) is 25.1 Å². The van der Waals surface area contributed by atoms with Gasteiger partial charge in [0.25, 0.3) is 0 Å². The highest BCUT2D eigenvalue weighted by Gasteiger charge is 2.20. The van der Waals surface area contributed by atoms with Gasteiger partial charge < -0.3 is 19.9 Å². The normalized spacial score (nSPS) is 12.4. The van der Waals surface area contributed by atoms with Crippen molar-refractivity contribution in [3.63, 3.8) is 0 Å². The molecule has 0 aromatic heterocycles. The number of aliphatic hydroxyl groups is 1. The molecule has 0 aliphatic carbocycles. The van der Waals surface area contributed by atoms with Gasteiger partial charge in [0.05, 0.1) is 32.0 Å². The van der Waals surface area contributed by atoms with E-state index in [4.69, 9.17) is 9.47 Å². The first-order valence-electron chi connectivity index (χ1n) is 12.6. The molecule has 0 aliphatic rings. The van der Waals surface area contributed by atoms with Crippen LogP contribution in [0.25, 0.3) is 11.1 Å². The Morgan fingerprint density at radius 3 is 2.51 bits per heavy atom. The monoisotopic (exact) mass is 507 g/mol. The summed E-state index contributed by atoms with van der Waals surface area (Å²) >= 11 is 0. The van der Waals surface area contributed by atoms with Crippen LogP contribution in [-0.2, 0) is 22.3 Å². The lowest BCUT2D eigenvalue weighted by atomic mass is 9.94. The topological polar surface area (TPSA) is 67.8 Å². The standard InChI is InChI=1S/C31H38FNO4/c1-21-10-11-23(17-29(21)32)18-31(3,4)33-19-26(34)20-37-15-14-24-8-6-7-9-28(24)25-12-13-27(22(2)16-25)30(35)36-5/h6-13,16-17,26,33-34H,14-15,18-20H2,1-5H3/t26-/m1/s1. The summed E-state index contributed by atoms with van der Waals surface area (Å²) in [5, 5.41) is 13.8. The Kier molecular flexibility index (Phi) is 9.98. The third-order valence-electron chi connectivity index (χ3n) is 6.48. The van der Waals surface area contributed by atoms with Gasteiger partial charge in [0.1, 0.15) is 5.82 Å². The SMILES string of the molecule is COC(=O)c1ccc(-c2ccccc2CCOC[C@H](O)CNC(C)(C)Cc2ccc(C)c(F)c2)cc1C. The number of hydrogen-bond acceptors (Lipinski definition) is 5. The molecule has 0 amide bonds. The van der Waals surface area contributed by atoms with Crippen LogP contribution < -0.4 is 5.32 Å². The van der Waals surface area contributed by atoms with Gasteiger partial charge in [0.2, 0.25) is 0 Å². The zero-order valence-corrected chi connectivity index (χ0v) is 22.4. The Bertz CT molecular complexity index is 1210. The lowest BCUT2D eigenvalue weighted by molar-refractivity contribution is 0.0349. The molecule has 198 valence electrons. The lowest BCUT2D eigenvalue weighted by Crippen LogP contribution is -2.46. The zero-order valence-electron chi connectivity index (χ0n) is 22.4. The van der Waals surface area contributed by atoms with Crippen LogP contribution in [0.2, 0.25) is 0 Å². The van der Waals surface area contributed by atoms with Gasteiger partial charge in [0, 0.05) is 12.1 Å². The molecule has 0 radical (unpaired) electrons. The second-order valence-electron chi connectivity index (χ2n) is 10.2. The summed E-state index contributed by atoms with van der Waals surface area (Å²) in [5.74, 6) is -0.539. The average molecular weight is 508 g/mol. The molecule has 2 N–H and O–H groups in total. The zero-order chi connectivity index (χ0) is 27.0. The number of β-amino-alcohol motifs (C(OH)–C–C–N with tert-alkyl or cyclic N) is 1. The number of carbonyl (C=O) groups is 1. The van der Waals surface area contributed by atoms with E-state index in [9.17, 15) is 14.3 Å². The maximum absolute atomic E-state index is 13.9. The molecule has 0 saturated heterocycles. The number of ether oxygens (including phenoxy) is 2. The van der Waals surface area contributed by atoms with Gasteiger partial charge in [-0.2, -0.15) is 0 Å². The summed E-state index contributed by atoms with van der Waals surface area (Å²) in [6.45, 7) is 8.79. The predicted molar refractivity (Wildman–Crippen MR) is 145 cm³/mol. The number of nitrogens with one attached hydrogen (secondary N) is 1. The minimum atomic E-state index is -0.655. The molecule has 37 heavy (non-hydrogen) atoms. The minimum absolute atomic E-state index is 0.198. The summed E-state index contributed by atoms with van der Waals surface area (Å²) in [4.78, 5) is 11.9.